The molecule has 33 heavy (non-hydrogen) atoms. The molecule has 170 valence electrons. The van der Waals surface area contributed by atoms with Gasteiger partial charge < -0.3 is 14.5 Å². The fraction of sp³-hybridized carbons (Fsp3) is 0.320. The summed E-state index contributed by atoms with van der Waals surface area (Å²) in [6.07, 6.45) is 2.61. The Morgan fingerprint density at radius 1 is 1.15 bits per heavy atom. The van der Waals surface area contributed by atoms with Gasteiger partial charge in [0.1, 0.15) is 11.1 Å². The van der Waals surface area contributed by atoms with E-state index in [1.807, 2.05) is 54.6 Å². The number of carbonyl (C=O) groups is 1. The van der Waals surface area contributed by atoms with E-state index in [9.17, 15) is 9.59 Å². The van der Waals surface area contributed by atoms with Gasteiger partial charge in [0, 0.05) is 18.5 Å². The van der Waals surface area contributed by atoms with Gasteiger partial charge in [-0.3, -0.25) is 14.2 Å². The van der Waals surface area contributed by atoms with Crippen LogP contribution in [0, 0.1) is 0 Å². The van der Waals surface area contributed by atoms with Gasteiger partial charge >= 0.3 is 0 Å². The summed E-state index contributed by atoms with van der Waals surface area (Å²) < 4.78 is 13.2. The smallest absolute Gasteiger partial charge is 0.297 e. The van der Waals surface area contributed by atoms with Gasteiger partial charge in [-0.1, -0.05) is 54.2 Å². The molecule has 0 bridgehead atoms. The van der Waals surface area contributed by atoms with Crippen LogP contribution < -0.4 is 10.9 Å². The molecule has 1 N–H and O–H groups in total. The fourth-order valence-electron chi connectivity index (χ4n) is 4.09. The van der Waals surface area contributed by atoms with Crippen molar-refractivity contribution < 1.29 is 13.9 Å². The number of carbonyl (C=O) groups excluding carboxylic acids is 1. The molecule has 8 heteroatoms. The molecule has 0 radical (unpaired) electrons. The molecule has 1 atom stereocenters. The van der Waals surface area contributed by atoms with E-state index in [1.165, 1.54) is 17.3 Å². The zero-order chi connectivity index (χ0) is 22.6. The maximum absolute atomic E-state index is 13.3. The summed E-state index contributed by atoms with van der Waals surface area (Å²) in [7, 11) is 0. The third kappa shape index (κ3) is 4.82. The van der Waals surface area contributed by atoms with E-state index in [0.29, 0.717) is 36.0 Å². The SMILES string of the molecule is O=C(CSc1nc2c(oc3ccccc32)c(=O)n1CC1CCCO1)NCCc1ccccc1. The van der Waals surface area contributed by atoms with Crippen LogP contribution in [0.25, 0.3) is 22.1 Å². The lowest BCUT2D eigenvalue weighted by Gasteiger charge is -2.15. The van der Waals surface area contributed by atoms with Crippen LogP contribution in [0.2, 0.25) is 0 Å². The predicted molar refractivity (Wildman–Crippen MR) is 129 cm³/mol. The molecular weight excluding hydrogens is 438 g/mol. The van der Waals surface area contributed by atoms with E-state index in [2.05, 4.69) is 5.32 Å². The van der Waals surface area contributed by atoms with Gasteiger partial charge in [0.2, 0.25) is 11.5 Å². The molecule has 4 aromatic rings. The molecule has 2 aromatic heterocycles. The highest BCUT2D eigenvalue weighted by atomic mass is 32.2. The molecule has 1 saturated heterocycles. The van der Waals surface area contributed by atoms with Crippen LogP contribution in [0.1, 0.15) is 18.4 Å². The Balaban J connectivity index is 1.36. The number of furan rings is 1. The maximum atomic E-state index is 13.3. The lowest BCUT2D eigenvalue weighted by atomic mass is 10.1. The molecular formula is C25H25N3O4S. The number of rotatable bonds is 8. The van der Waals surface area contributed by atoms with E-state index in [-0.39, 0.29) is 28.9 Å². The quantitative estimate of drug-likeness (QED) is 0.316. The summed E-state index contributed by atoms with van der Waals surface area (Å²) in [5, 5.41) is 4.25. The number of nitrogens with zero attached hydrogens (tertiary/aromatic N) is 2. The molecule has 5 rings (SSSR count). The van der Waals surface area contributed by atoms with Crippen molar-refractivity contribution in [3.63, 3.8) is 0 Å². The second-order valence-corrected chi connectivity index (χ2v) is 9.04. The Morgan fingerprint density at radius 3 is 2.79 bits per heavy atom. The van der Waals surface area contributed by atoms with Gasteiger partial charge in [-0.2, -0.15) is 0 Å². The summed E-state index contributed by atoms with van der Waals surface area (Å²) in [6.45, 7) is 1.66. The van der Waals surface area contributed by atoms with Crippen molar-refractivity contribution in [2.45, 2.75) is 37.1 Å². The summed E-state index contributed by atoms with van der Waals surface area (Å²) in [5.74, 6) is 0.0830. The minimum Gasteiger partial charge on any atom is -0.448 e. The number of thioether (sulfide) groups is 1. The molecule has 1 unspecified atom stereocenters. The maximum Gasteiger partial charge on any atom is 0.297 e. The fourth-order valence-corrected chi connectivity index (χ4v) is 4.92. The van der Waals surface area contributed by atoms with Crippen LogP contribution in [0.15, 0.2) is 69.0 Å². The second-order valence-electron chi connectivity index (χ2n) is 8.10. The van der Waals surface area contributed by atoms with Crippen molar-refractivity contribution in [2.24, 2.45) is 0 Å². The van der Waals surface area contributed by atoms with Crippen LogP contribution in [-0.4, -0.2) is 40.5 Å². The molecule has 1 aliphatic heterocycles. The summed E-state index contributed by atoms with van der Waals surface area (Å²) in [6, 6.07) is 17.5. The minimum absolute atomic E-state index is 0.0367. The standard InChI is InChI=1S/C25H25N3O4S/c29-21(26-13-12-17-7-2-1-3-8-17)16-33-25-27-22-19-10-4-5-11-20(19)32-23(22)24(30)28(25)15-18-9-6-14-31-18/h1-5,7-8,10-11,18H,6,9,12-16H2,(H,26,29). The van der Waals surface area contributed by atoms with Crippen molar-refractivity contribution >= 4 is 39.7 Å². The van der Waals surface area contributed by atoms with Crippen LogP contribution in [0.4, 0.5) is 0 Å². The molecule has 1 amide bonds. The van der Waals surface area contributed by atoms with Crippen LogP contribution in [0.3, 0.4) is 0 Å². The summed E-state index contributed by atoms with van der Waals surface area (Å²) in [5.41, 5.74) is 2.34. The van der Waals surface area contributed by atoms with Gasteiger partial charge in [0.25, 0.3) is 5.56 Å². The Labute approximate surface area is 195 Å². The number of benzene rings is 2. The van der Waals surface area contributed by atoms with Gasteiger partial charge in [-0.15, -0.1) is 0 Å². The molecule has 3 heterocycles. The van der Waals surface area contributed by atoms with Gasteiger partial charge in [-0.25, -0.2) is 4.98 Å². The molecule has 0 spiro atoms. The van der Waals surface area contributed by atoms with E-state index in [0.717, 1.165) is 24.6 Å². The number of fused-ring (bicyclic) bond motifs is 3. The normalized spacial score (nSPS) is 15.9. The molecule has 2 aromatic carbocycles. The number of hydrogen-bond donors (Lipinski definition) is 1. The van der Waals surface area contributed by atoms with E-state index < -0.39 is 0 Å². The zero-order valence-electron chi connectivity index (χ0n) is 18.2. The van der Waals surface area contributed by atoms with Crippen LogP contribution >= 0.6 is 11.8 Å². The van der Waals surface area contributed by atoms with Crippen molar-refractivity contribution in [1.82, 2.24) is 14.9 Å². The molecule has 1 aliphatic rings. The highest BCUT2D eigenvalue weighted by molar-refractivity contribution is 7.99. The monoisotopic (exact) mass is 463 g/mol. The number of ether oxygens (including phenoxy) is 1. The van der Waals surface area contributed by atoms with Crippen molar-refractivity contribution in [1.29, 1.82) is 0 Å². The predicted octanol–water partition coefficient (Wildman–Crippen LogP) is 3.77. The minimum atomic E-state index is -0.237. The molecule has 0 aliphatic carbocycles. The van der Waals surface area contributed by atoms with E-state index in [4.69, 9.17) is 14.1 Å². The lowest BCUT2D eigenvalue weighted by Crippen LogP contribution is -2.30. The average Bonchev–Trinajstić information content (AvgIpc) is 3.48. The highest BCUT2D eigenvalue weighted by Gasteiger charge is 2.23. The third-order valence-corrected chi connectivity index (χ3v) is 6.74. The Kier molecular flexibility index (Phi) is 6.46. The van der Waals surface area contributed by atoms with Crippen molar-refractivity contribution in [3.8, 4) is 0 Å². The molecule has 0 saturated carbocycles. The first-order valence-corrected chi connectivity index (χ1v) is 12.1. The van der Waals surface area contributed by atoms with Gasteiger partial charge in [0.15, 0.2) is 5.16 Å². The first-order valence-electron chi connectivity index (χ1n) is 11.2. The Bertz CT molecular complexity index is 1330. The molecule has 1 fully saturated rings. The summed E-state index contributed by atoms with van der Waals surface area (Å²) in [4.78, 5) is 30.6. The van der Waals surface area contributed by atoms with Crippen LogP contribution in [-0.2, 0) is 22.5 Å². The number of hydrogen-bond acceptors (Lipinski definition) is 6. The number of para-hydroxylation sites is 1. The largest absolute Gasteiger partial charge is 0.448 e. The van der Waals surface area contributed by atoms with Gasteiger partial charge in [0.05, 0.1) is 18.4 Å². The number of nitrogens with one attached hydrogen (secondary N) is 1. The highest BCUT2D eigenvalue weighted by Crippen LogP contribution is 2.28. The first kappa shape index (κ1) is 21.7. The van der Waals surface area contributed by atoms with Gasteiger partial charge in [-0.05, 0) is 37.0 Å². The Morgan fingerprint density at radius 2 is 1.97 bits per heavy atom. The molecule has 7 nitrogen and oxygen atoms in total. The average molecular weight is 464 g/mol. The topological polar surface area (TPSA) is 86.4 Å². The Hall–Kier alpha value is -3.10. The zero-order valence-corrected chi connectivity index (χ0v) is 19.0. The second kappa shape index (κ2) is 9.80. The lowest BCUT2D eigenvalue weighted by molar-refractivity contribution is -0.118. The van der Waals surface area contributed by atoms with E-state index in [1.54, 1.807) is 4.57 Å². The van der Waals surface area contributed by atoms with Crippen molar-refractivity contribution in [3.05, 3.63) is 70.5 Å². The van der Waals surface area contributed by atoms with Crippen molar-refractivity contribution in [2.75, 3.05) is 18.9 Å². The third-order valence-electron chi connectivity index (χ3n) is 5.77. The van der Waals surface area contributed by atoms with Crippen LogP contribution in [0.5, 0.6) is 0 Å². The number of amides is 1. The van der Waals surface area contributed by atoms with E-state index >= 15 is 0 Å². The number of aromatic nitrogens is 2. The summed E-state index contributed by atoms with van der Waals surface area (Å²) >= 11 is 1.27. The first-order chi connectivity index (χ1) is 16.2.